The van der Waals surface area contributed by atoms with Gasteiger partial charge in [0.1, 0.15) is 5.75 Å². The standard InChI is InChI=1S/C15H15NO4/c1-16(9-17)14(15(18)19)13-11-6-4-3-5-10(11)7-8-12(13)20-2/h3-9,14H,1-2H3,(H,18,19). The zero-order valence-electron chi connectivity index (χ0n) is 11.2. The number of rotatable bonds is 5. The van der Waals surface area contributed by atoms with E-state index in [0.717, 1.165) is 15.7 Å². The number of ether oxygens (including phenoxy) is 1. The molecule has 0 fully saturated rings. The molecule has 0 heterocycles. The molecular formula is C15H15NO4. The summed E-state index contributed by atoms with van der Waals surface area (Å²) in [7, 11) is 2.92. The fourth-order valence-corrected chi connectivity index (χ4v) is 2.30. The highest BCUT2D eigenvalue weighted by molar-refractivity contribution is 5.93. The number of hydrogen-bond donors (Lipinski definition) is 1. The normalized spacial score (nSPS) is 11.9. The molecule has 5 heteroatoms. The van der Waals surface area contributed by atoms with Crippen LogP contribution < -0.4 is 4.74 Å². The first-order valence-corrected chi connectivity index (χ1v) is 6.05. The van der Waals surface area contributed by atoms with Crippen molar-refractivity contribution in [2.75, 3.05) is 14.2 Å². The molecule has 0 bridgehead atoms. The van der Waals surface area contributed by atoms with E-state index in [-0.39, 0.29) is 0 Å². The molecule has 0 aliphatic carbocycles. The number of carbonyl (C=O) groups excluding carboxylic acids is 1. The van der Waals surface area contributed by atoms with Gasteiger partial charge in [-0.3, -0.25) is 4.79 Å². The number of carboxylic acid groups (broad SMARTS) is 1. The number of hydrogen-bond acceptors (Lipinski definition) is 3. The highest BCUT2D eigenvalue weighted by Crippen LogP contribution is 2.35. The van der Waals surface area contributed by atoms with Gasteiger partial charge in [-0.1, -0.05) is 30.3 Å². The van der Waals surface area contributed by atoms with E-state index < -0.39 is 12.0 Å². The largest absolute Gasteiger partial charge is 0.496 e. The molecule has 2 rings (SSSR count). The Morgan fingerprint density at radius 2 is 2.00 bits per heavy atom. The summed E-state index contributed by atoms with van der Waals surface area (Å²) >= 11 is 0. The van der Waals surface area contributed by atoms with Crippen LogP contribution in [-0.2, 0) is 9.59 Å². The van der Waals surface area contributed by atoms with E-state index >= 15 is 0 Å². The molecule has 104 valence electrons. The summed E-state index contributed by atoms with van der Waals surface area (Å²) in [5, 5.41) is 11.1. The average molecular weight is 273 g/mol. The molecule has 0 radical (unpaired) electrons. The quantitative estimate of drug-likeness (QED) is 0.847. The third-order valence-corrected chi connectivity index (χ3v) is 3.23. The van der Waals surface area contributed by atoms with Gasteiger partial charge in [-0.25, -0.2) is 4.79 Å². The Morgan fingerprint density at radius 3 is 2.60 bits per heavy atom. The van der Waals surface area contributed by atoms with Crippen LogP contribution in [0, 0.1) is 0 Å². The minimum Gasteiger partial charge on any atom is -0.496 e. The second-order valence-electron chi connectivity index (χ2n) is 4.41. The number of methoxy groups -OCH3 is 1. The Balaban J connectivity index is 2.77. The Hall–Kier alpha value is -2.56. The summed E-state index contributed by atoms with van der Waals surface area (Å²) in [6.07, 6.45) is 0.500. The van der Waals surface area contributed by atoms with Crippen molar-refractivity contribution in [1.29, 1.82) is 0 Å². The first-order chi connectivity index (χ1) is 9.60. The number of carbonyl (C=O) groups is 2. The third-order valence-electron chi connectivity index (χ3n) is 3.23. The molecule has 0 aliphatic heterocycles. The molecule has 1 amide bonds. The van der Waals surface area contributed by atoms with Crippen LogP contribution in [0.15, 0.2) is 36.4 Å². The van der Waals surface area contributed by atoms with Gasteiger partial charge in [0.2, 0.25) is 6.41 Å². The highest BCUT2D eigenvalue weighted by atomic mass is 16.5. The van der Waals surface area contributed by atoms with E-state index in [1.165, 1.54) is 14.2 Å². The van der Waals surface area contributed by atoms with Crippen LogP contribution >= 0.6 is 0 Å². The van der Waals surface area contributed by atoms with Crippen LogP contribution in [0.1, 0.15) is 11.6 Å². The first-order valence-electron chi connectivity index (χ1n) is 6.05. The second kappa shape index (κ2) is 5.61. The SMILES string of the molecule is COc1ccc2ccccc2c1C(C(=O)O)N(C)C=O. The van der Waals surface area contributed by atoms with Crippen LogP contribution in [-0.4, -0.2) is 36.5 Å². The van der Waals surface area contributed by atoms with E-state index in [0.29, 0.717) is 17.7 Å². The minimum absolute atomic E-state index is 0.449. The monoisotopic (exact) mass is 273 g/mol. The zero-order chi connectivity index (χ0) is 14.7. The van der Waals surface area contributed by atoms with Crippen LogP contribution in [0.25, 0.3) is 10.8 Å². The van der Waals surface area contributed by atoms with Gasteiger partial charge < -0.3 is 14.7 Å². The number of nitrogens with zero attached hydrogens (tertiary/aromatic N) is 1. The molecule has 1 unspecified atom stereocenters. The van der Waals surface area contributed by atoms with Crippen molar-refractivity contribution in [2.24, 2.45) is 0 Å². The van der Waals surface area contributed by atoms with Gasteiger partial charge in [0.25, 0.3) is 0 Å². The van der Waals surface area contributed by atoms with E-state index in [9.17, 15) is 14.7 Å². The minimum atomic E-state index is -1.10. The Labute approximate surface area is 116 Å². The lowest BCUT2D eigenvalue weighted by Crippen LogP contribution is -2.30. The number of aliphatic carboxylic acids is 1. The average Bonchev–Trinajstić information content (AvgIpc) is 2.47. The van der Waals surface area contributed by atoms with Crippen molar-refractivity contribution < 1.29 is 19.4 Å². The maximum Gasteiger partial charge on any atom is 0.331 e. The summed E-state index contributed by atoms with van der Waals surface area (Å²) in [5.41, 5.74) is 0.479. The first kappa shape index (κ1) is 13.9. The lowest BCUT2D eigenvalue weighted by atomic mass is 9.97. The topological polar surface area (TPSA) is 66.8 Å². The molecular weight excluding hydrogens is 258 g/mol. The Bertz CT molecular complexity index is 653. The predicted octanol–water partition coefficient (Wildman–Crippen LogP) is 2.06. The molecule has 0 aromatic heterocycles. The van der Waals surface area contributed by atoms with Gasteiger partial charge in [-0.15, -0.1) is 0 Å². The Kier molecular flexibility index (Phi) is 3.89. The van der Waals surface area contributed by atoms with E-state index in [2.05, 4.69) is 0 Å². The van der Waals surface area contributed by atoms with Crippen LogP contribution in [0.3, 0.4) is 0 Å². The fraction of sp³-hybridized carbons (Fsp3) is 0.200. The van der Waals surface area contributed by atoms with Crippen molar-refractivity contribution in [3.8, 4) is 5.75 Å². The maximum atomic E-state index is 11.6. The highest BCUT2D eigenvalue weighted by Gasteiger charge is 2.29. The molecule has 0 aliphatic rings. The molecule has 0 spiro atoms. The van der Waals surface area contributed by atoms with Gasteiger partial charge in [0.15, 0.2) is 6.04 Å². The summed E-state index contributed by atoms with van der Waals surface area (Å²) in [4.78, 5) is 23.7. The van der Waals surface area contributed by atoms with E-state index in [1.54, 1.807) is 6.07 Å². The van der Waals surface area contributed by atoms with E-state index in [4.69, 9.17) is 4.74 Å². The zero-order valence-corrected chi connectivity index (χ0v) is 11.2. The summed E-state index contributed by atoms with van der Waals surface area (Å²) in [6, 6.07) is 9.89. The van der Waals surface area contributed by atoms with Crippen molar-refractivity contribution in [2.45, 2.75) is 6.04 Å². The molecule has 1 atom stereocenters. The van der Waals surface area contributed by atoms with Crippen molar-refractivity contribution >= 4 is 23.2 Å². The molecule has 1 N–H and O–H groups in total. The molecule has 20 heavy (non-hydrogen) atoms. The maximum absolute atomic E-state index is 11.6. The lowest BCUT2D eigenvalue weighted by Gasteiger charge is -2.24. The predicted molar refractivity (Wildman–Crippen MR) is 74.7 cm³/mol. The number of fused-ring (bicyclic) bond motifs is 1. The smallest absolute Gasteiger partial charge is 0.331 e. The number of benzene rings is 2. The molecule has 2 aromatic carbocycles. The van der Waals surface area contributed by atoms with Crippen molar-refractivity contribution in [3.63, 3.8) is 0 Å². The Morgan fingerprint density at radius 1 is 1.30 bits per heavy atom. The number of likely N-dealkylation sites (N-methyl/N-ethyl adjacent to an activating group) is 1. The number of amides is 1. The summed E-state index contributed by atoms with van der Waals surface area (Å²) < 4.78 is 5.27. The van der Waals surface area contributed by atoms with Crippen LogP contribution in [0.4, 0.5) is 0 Å². The molecule has 0 saturated heterocycles. The van der Waals surface area contributed by atoms with Gasteiger partial charge in [-0.2, -0.15) is 0 Å². The van der Waals surface area contributed by atoms with Gasteiger partial charge in [0.05, 0.1) is 7.11 Å². The van der Waals surface area contributed by atoms with Crippen molar-refractivity contribution in [1.82, 2.24) is 4.90 Å². The lowest BCUT2D eigenvalue weighted by molar-refractivity contribution is -0.145. The molecule has 5 nitrogen and oxygen atoms in total. The van der Waals surface area contributed by atoms with Crippen molar-refractivity contribution in [3.05, 3.63) is 42.0 Å². The number of carboxylic acids is 1. The molecule has 2 aromatic rings. The van der Waals surface area contributed by atoms with Gasteiger partial charge in [-0.05, 0) is 16.8 Å². The summed E-state index contributed by atoms with van der Waals surface area (Å²) in [6.45, 7) is 0. The van der Waals surface area contributed by atoms with Gasteiger partial charge in [0, 0.05) is 12.6 Å². The fourth-order valence-electron chi connectivity index (χ4n) is 2.30. The van der Waals surface area contributed by atoms with E-state index in [1.807, 2.05) is 30.3 Å². The van der Waals surface area contributed by atoms with Gasteiger partial charge >= 0.3 is 5.97 Å². The molecule has 0 saturated carbocycles. The third kappa shape index (κ3) is 2.30. The second-order valence-corrected chi connectivity index (χ2v) is 4.41. The van der Waals surface area contributed by atoms with Crippen LogP contribution in [0.2, 0.25) is 0 Å². The summed E-state index contributed by atoms with van der Waals surface area (Å²) in [5.74, 6) is -0.654. The van der Waals surface area contributed by atoms with Crippen LogP contribution in [0.5, 0.6) is 5.75 Å².